The van der Waals surface area contributed by atoms with Gasteiger partial charge in [-0.15, -0.1) is 0 Å². The molecule has 0 N–H and O–H groups in total. The van der Waals surface area contributed by atoms with E-state index in [0.717, 1.165) is 10.6 Å². The molecule has 2 heteroatoms. The van der Waals surface area contributed by atoms with Gasteiger partial charge in [0.2, 0.25) is 0 Å². The first-order valence-electron chi connectivity index (χ1n) is 5.47. The van der Waals surface area contributed by atoms with Gasteiger partial charge in [-0.3, -0.25) is 0 Å². The fourth-order valence-corrected chi connectivity index (χ4v) is 4.19. The van der Waals surface area contributed by atoms with Gasteiger partial charge in [-0.1, -0.05) is 67.6 Å². The second-order valence-corrected chi connectivity index (χ2v) is 6.87. The van der Waals surface area contributed by atoms with Crippen LogP contribution in [0.15, 0.2) is 60.7 Å². The van der Waals surface area contributed by atoms with Gasteiger partial charge in [-0.2, -0.15) is 0 Å². The molecule has 0 amide bonds. The quantitative estimate of drug-likeness (QED) is 0.741. The third-order valence-corrected chi connectivity index (χ3v) is 5.95. The summed E-state index contributed by atoms with van der Waals surface area (Å²) in [6.07, 6.45) is 0.668. The smallest absolute Gasteiger partial charge is 0.142 e. The van der Waals surface area contributed by atoms with Gasteiger partial charge in [0.1, 0.15) is 7.14 Å². The average Bonchev–Trinajstić information content (AvgIpc) is 2.40. The van der Waals surface area contributed by atoms with E-state index in [0.29, 0.717) is 6.16 Å². The Morgan fingerprint density at radius 1 is 0.812 bits per heavy atom. The molecule has 0 bridgehead atoms. The molecule has 0 aromatic heterocycles. The zero-order chi connectivity index (χ0) is 11.4. The molecule has 0 aliphatic carbocycles. The highest BCUT2D eigenvalue weighted by molar-refractivity contribution is 7.78. The highest BCUT2D eigenvalue weighted by atomic mass is 31.2. The van der Waals surface area contributed by atoms with E-state index in [1.165, 1.54) is 0 Å². The van der Waals surface area contributed by atoms with Crippen LogP contribution in [0.1, 0.15) is 6.92 Å². The van der Waals surface area contributed by atoms with Crippen molar-refractivity contribution in [2.24, 2.45) is 0 Å². The first-order chi connectivity index (χ1) is 7.77. The van der Waals surface area contributed by atoms with Crippen molar-refractivity contribution in [1.29, 1.82) is 0 Å². The zero-order valence-electron chi connectivity index (χ0n) is 9.34. The predicted molar refractivity (Wildman–Crippen MR) is 70.3 cm³/mol. The molecule has 0 atom stereocenters. The Morgan fingerprint density at radius 2 is 1.19 bits per heavy atom. The molecule has 0 saturated heterocycles. The van der Waals surface area contributed by atoms with Crippen molar-refractivity contribution in [3.63, 3.8) is 0 Å². The van der Waals surface area contributed by atoms with Gasteiger partial charge in [-0.05, 0) is 0 Å². The minimum Gasteiger partial charge on any atom is -0.314 e. The maximum Gasteiger partial charge on any atom is 0.142 e. The summed E-state index contributed by atoms with van der Waals surface area (Å²) in [4.78, 5) is 0. The van der Waals surface area contributed by atoms with E-state index in [1.807, 2.05) is 67.6 Å². The number of hydrogen-bond acceptors (Lipinski definition) is 1. The lowest BCUT2D eigenvalue weighted by Crippen LogP contribution is -2.17. The Morgan fingerprint density at radius 3 is 1.50 bits per heavy atom. The fraction of sp³-hybridized carbons (Fsp3) is 0.143. The monoisotopic (exact) mass is 230 g/mol. The SMILES string of the molecule is CCP(=O)(c1ccccc1)c1ccccc1. The van der Waals surface area contributed by atoms with E-state index < -0.39 is 7.14 Å². The fourth-order valence-electron chi connectivity index (χ4n) is 1.85. The lowest BCUT2D eigenvalue weighted by molar-refractivity contribution is 0.587. The van der Waals surface area contributed by atoms with E-state index in [4.69, 9.17) is 0 Å². The molecule has 0 spiro atoms. The molecule has 2 aromatic carbocycles. The predicted octanol–water partition coefficient (Wildman–Crippen LogP) is 3.02. The highest BCUT2D eigenvalue weighted by Gasteiger charge is 2.23. The average molecular weight is 230 g/mol. The Bertz CT molecular complexity index is 447. The lowest BCUT2D eigenvalue weighted by Gasteiger charge is -2.16. The molecule has 0 radical (unpaired) electrons. The van der Waals surface area contributed by atoms with Crippen LogP contribution in [-0.4, -0.2) is 6.16 Å². The number of rotatable bonds is 3. The van der Waals surface area contributed by atoms with Crippen molar-refractivity contribution in [2.75, 3.05) is 6.16 Å². The first kappa shape index (κ1) is 11.2. The summed E-state index contributed by atoms with van der Waals surface area (Å²) in [6.45, 7) is 1.99. The van der Waals surface area contributed by atoms with Crippen LogP contribution in [-0.2, 0) is 4.57 Å². The summed E-state index contributed by atoms with van der Waals surface area (Å²) in [7, 11) is -2.40. The van der Waals surface area contributed by atoms with Crippen molar-refractivity contribution in [1.82, 2.24) is 0 Å². The van der Waals surface area contributed by atoms with Crippen LogP contribution >= 0.6 is 7.14 Å². The van der Waals surface area contributed by atoms with Crippen LogP contribution in [0.2, 0.25) is 0 Å². The van der Waals surface area contributed by atoms with Crippen LogP contribution in [0.4, 0.5) is 0 Å². The second-order valence-electron chi connectivity index (χ2n) is 3.73. The number of benzene rings is 2. The summed E-state index contributed by atoms with van der Waals surface area (Å²) in [5.41, 5.74) is 0. The molecular formula is C14H15OP. The van der Waals surface area contributed by atoms with Crippen LogP contribution in [0, 0.1) is 0 Å². The van der Waals surface area contributed by atoms with Crippen LogP contribution < -0.4 is 10.6 Å². The molecule has 16 heavy (non-hydrogen) atoms. The van der Waals surface area contributed by atoms with Crippen molar-refractivity contribution in [3.05, 3.63) is 60.7 Å². The van der Waals surface area contributed by atoms with E-state index in [9.17, 15) is 4.57 Å². The maximum absolute atomic E-state index is 13.0. The summed E-state index contributed by atoms with van der Waals surface area (Å²) >= 11 is 0. The largest absolute Gasteiger partial charge is 0.314 e. The van der Waals surface area contributed by atoms with Crippen LogP contribution in [0.25, 0.3) is 0 Å². The van der Waals surface area contributed by atoms with Crippen molar-refractivity contribution in [3.8, 4) is 0 Å². The Kier molecular flexibility index (Phi) is 3.26. The van der Waals surface area contributed by atoms with E-state index in [1.54, 1.807) is 0 Å². The van der Waals surface area contributed by atoms with Gasteiger partial charge < -0.3 is 4.57 Å². The molecule has 0 aliphatic heterocycles. The normalized spacial score (nSPS) is 11.3. The third kappa shape index (κ3) is 1.96. The molecule has 82 valence electrons. The Balaban J connectivity index is 2.54. The van der Waals surface area contributed by atoms with Gasteiger partial charge in [0.25, 0.3) is 0 Å². The van der Waals surface area contributed by atoms with E-state index >= 15 is 0 Å². The number of hydrogen-bond donors (Lipinski definition) is 0. The second kappa shape index (κ2) is 4.67. The molecule has 2 aromatic rings. The van der Waals surface area contributed by atoms with E-state index in [2.05, 4.69) is 0 Å². The van der Waals surface area contributed by atoms with Crippen molar-refractivity contribution in [2.45, 2.75) is 6.92 Å². The topological polar surface area (TPSA) is 17.1 Å². The summed E-state index contributed by atoms with van der Waals surface area (Å²) in [6, 6.07) is 19.5. The third-order valence-electron chi connectivity index (χ3n) is 2.79. The lowest BCUT2D eigenvalue weighted by atomic mass is 10.4. The molecule has 0 fully saturated rings. The van der Waals surface area contributed by atoms with E-state index in [-0.39, 0.29) is 0 Å². The Labute approximate surface area is 96.5 Å². The minimum atomic E-state index is -2.40. The summed E-state index contributed by atoms with van der Waals surface area (Å²) < 4.78 is 13.0. The molecule has 2 rings (SSSR count). The van der Waals surface area contributed by atoms with Gasteiger partial charge in [0, 0.05) is 16.8 Å². The van der Waals surface area contributed by atoms with Crippen LogP contribution in [0.5, 0.6) is 0 Å². The zero-order valence-corrected chi connectivity index (χ0v) is 10.2. The summed E-state index contributed by atoms with van der Waals surface area (Å²) in [5.74, 6) is 0. The molecule has 1 nitrogen and oxygen atoms in total. The standard InChI is InChI=1S/C14H15OP/c1-2-16(15,13-9-5-3-6-10-13)14-11-7-4-8-12-14/h3-12H,2H2,1H3. The molecule has 0 aliphatic rings. The van der Waals surface area contributed by atoms with Crippen molar-refractivity contribution >= 4 is 17.8 Å². The minimum absolute atomic E-state index is 0.668. The van der Waals surface area contributed by atoms with Gasteiger partial charge in [0.05, 0.1) is 0 Å². The molecule has 0 heterocycles. The first-order valence-corrected chi connectivity index (χ1v) is 7.37. The summed E-state index contributed by atoms with van der Waals surface area (Å²) in [5, 5.41) is 1.90. The molecule has 0 unspecified atom stereocenters. The maximum atomic E-state index is 13.0. The van der Waals surface area contributed by atoms with Gasteiger partial charge >= 0.3 is 0 Å². The van der Waals surface area contributed by atoms with Gasteiger partial charge in [0.15, 0.2) is 0 Å². The molecule has 0 saturated carbocycles. The molecular weight excluding hydrogens is 215 g/mol. The van der Waals surface area contributed by atoms with Crippen molar-refractivity contribution < 1.29 is 4.57 Å². The highest BCUT2D eigenvalue weighted by Crippen LogP contribution is 2.42. The Hall–Kier alpha value is -1.33. The van der Waals surface area contributed by atoms with Gasteiger partial charge in [-0.25, -0.2) is 0 Å². The van der Waals surface area contributed by atoms with Crippen LogP contribution in [0.3, 0.4) is 0 Å².